The molecule has 2 aliphatic rings. The molecule has 0 radical (unpaired) electrons. The molecule has 2 heteroatoms. The summed E-state index contributed by atoms with van der Waals surface area (Å²) in [5.41, 5.74) is 2.14. The molecule has 0 aromatic carbocycles. The third kappa shape index (κ3) is 0.886. The van der Waals surface area contributed by atoms with Crippen LogP contribution in [-0.2, 0) is 0 Å². The summed E-state index contributed by atoms with van der Waals surface area (Å²) in [6.07, 6.45) is 12.1. The molecule has 0 saturated carbocycles. The molecule has 64 valence electrons. The van der Waals surface area contributed by atoms with E-state index >= 15 is 0 Å². The van der Waals surface area contributed by atoms with Gasteiger partial charge in [-0.05, 0) is 18.2 Å². The van der Waals surface area contributed by atoms with Crippen LogP contribution in [0.25, 0.3) is 11.8 Å². The highest BCUT2D eigenvalue weighted by molar-refractivity contribution is 5.60. The predicted octanol–water partition coefficient (Wildman–Crippen LogP) is 0.567. The molecule has 3 rings (SSSR count). The molecule has 2 aliphatic heterocycles. The maximum Gasteiger partial charge on any atom is 0.157 e. The van der Waals surface area contributed by atoms with Gasteiger partial charge in [0.2, 0.25) is 0 Å². The number of fused-ring (bicyclic) bond motifs is 2. The smallest absolute Gasteiger partial charge is 0.157 e. The van der Waals surface area contributed by atoms with E-state index in [0.29, 0.717) is 0 Å². The van der Waals surface area contributed by atoms with Crippen LogP contribution in [0.5, 0.6) is 0 Å². The van der Waals surface area contributed by atoms with Crippen LogP contribution in [0.2, 0.25) is 0 Å². The Bertz CT molecular complexity index is 504. The molecule has 2 nitrogen and oxygen atoms in total. The highest BCUT2D eigenvalue weighted by Gasteiger charge is 2.12. The lowest BCUT2D eigenvalue weighted by molar-refractivity contribution is 0.497. The lowest BCUT2D eigenvalue weighted by Gasteiger charge is -2.22. The summed E-state index contributed by atoms with van der Waals surface area (Å²) in [4.78, 5) is 2.17. The number of rotatable bonds is 0. The van der Waals surface area contributed by atoms with Crippen LogP contribution < -0.4 is 10.6 Å². The van der Waals surface area contributed by atoms with E-state index in [4.69, 9.17) is 4.42 Å². The fraction of sp³-hybridized carbons (Fsp3) is 0.0909. The molecular weight excluding hydrogens is 162 g/mol. The Balaban J connectivity index is 2.40. The molecule has 1 aromatic heterocycles. The summed E-state index contributed by atoms with van der Waals surface area (Å²) in [5, 5.41) is 1.20. The second-order valence-corrected chi connectivity index (χ2v) is 3.15. The first-order chi connectivity index (χ1) is 6.45. The van der Waals surface area contributed by atoms with Crippen molar-refractivity contribution in [2.75, 3.05) is 6.54 Å². The van der Waals surface area contributed by atoms with Crippen molar-refractivity contribution in [3.05, 3.63) is 47.4 Å². The van der Waals surface area contributed by atoms with E-state index in [1.54, 1.807) is 6.26 Å². The van der Waals surface area contributed by atoms with Crippen molar-refractivity contribution in [2.24, 2.45) is 0 Å². The number of nitrogens with zero attached hydrogens (tertiary/aromatic N) is 1. The molecule has 13 heavy (non-hydrogen) atoms. The quantitative estimate of drug-likeness (QED) is 0.567. The van der Waals surface area contributed by atoms with Gasteiger partial charge in [0.1, 0.15) is 0 Å². The fourth-order valence-electron chi connectivity index (χ4n) is 1.73. The highest BCUT2D eigenvalue weighted by atomic mass is 16.3. The molecule has 0 N–H and O–H groups in total. The number of hydrogen-bond acceptors (Lipinski definition) is 2. The third-order valence-corrected chi connectivity index (χ3v) is 2.38. The second-order valence-electron chi connectivity index (χ2n) is 3.15. The van der Waals surface area contributed by atoms with Crippen LogP contribution in [0.1, 0.15) is 0 Å². The van der Waals surface area contributed by atoms with Gasteiger partial charge in [0.25, 0.3) is 0 Å². The number of furan rings is 1. The fourth-order valence-corrected chi connectivity index (χ4v) is 1.73. The zero-order valence-corrected chi connectivity index (χ0v) is 7.10. The Labute approximate surface area is 75.8 Å². The van der Waals surface area contributed by atoms with Gasteiger partial charge in [-0.15, -0.1) is 0 Å². The summed E-state index contributed by atoms with van der Waals surface area (Å²) in [7, 11) is 0. The van der Waals surface area contributed by atoms with Gasteiger partial charge in [-0.25, -0.2) is 0 Å². The van der Waals surface area contributed by atoms with Gasteiger partial charge in [0.15, 0.2) is 5.42 Å². The Morgan fingerprint density at radius 1 is 1.31 bits per heavy atom. The van der Waals surface area contributed by atoms with E-state index in [0.717, 1.165) is 17.7 Å². The monoisotopic (exact) mass is 171 g/mol. The molecule has 1 aromatic rings. The van der Waals surface area contributed by atoms with E-state index in [1.807, 2.05) is 18.2 Å². The van der Waals surface area contributed by atoms with E-state index in [1.165, 1.54) is 5.22 Å². The molecule has 0 aliphatic carbocycles. The maximum atomic E-state index is 5.43. The first-order valence-electron chi connectivity index (χ1n) is 4.35. The van der Waals surface area contributed by atoms with Crippen LogP contribution in [0.3, 0.4) is 0 Å². The largest absolute Gasteiger partial charge is 0.462 e. The topological polar surface area (TPSA) is 16.4 Å². The summed E-state index contributed by atoms with van der Waals surface area (Å²) in [6.45, 7) is 0.933. The molecule has 0 fully saturated rings. The lowest BCUT2D eigenvalue weighted by atomic mass is 10.2. The minimum atomic E-state index is 0.933. The zero-order valence-electron chi connectivity index (χ0n) is 7.10. The molecule has 0 amide bonds. The highest BCUT2D eigenvalue weighted by Crippen LogP contribution is 2.12. The molecule has 0 unspecified atom stereocenters. The van der Waals surface area contributed by atoms with Crippen LogP contribution >= 0.6 is 0 Å². The standard InChI is InChI=1S/C11H9NO/c1-2-6-12-7-4-9-5-8-13-11(9)10(12)3-1/h1-6,8H,7H2. The minimum absolute atomic E-state index is 0.933. The third-order valence-electron chi connectivity index (χ3n) is 2.38. The van der Waals surface area contributed by atoms with Gasteiger partial charge < -0.3 is 9.32 Å². The average Bonchev–Trinajstić information content (AvgIpc) is 2.65. The SMILES string of the molecule is C1=CC2=c3occc3=CCN2C=C1. The van der Waals surface area contributed by atoms with Crippen molar-refractivity contribution in [1.82, 2.24) is 4.90 Å². The summed E-state index contributed by atoms with van der Waals surface area (Å²) in [5.74, 6) is 0. The van der Waals surface area contributed by atoms with E-state index in [2.05, 4.69) is 23.3 Å². The van der Waals surface area contributed by atoms with Crippen molar-refractivity contribution >= 4 is 11.8 Å². The molecule has 3 heterocycles. The molecule has 0 spiro atoms. The molecular formula is C11H9NO. The van der Waals surface area contributed by atoms with Gasteiger partial charge in [-0.2, -0.15) is 0 Å². The van der Waals surface area contributed by atoms with Gasteiger partial charge >= 0.3 is 0 Å². The van der Waals surface area contributed by atoms with E-state index < -0.39 is 0 Å². The van der Waals surface area contributed by atoms with Crippen molar-refractivity contribution in [3.8, 4) is 0 Å². The van der Waals surface area contributed by atoms with Crippen LogP contribution in [0.4, 0.5) is 0 Å². The lowest BCUT2D eigenvalue weighted by Crippen LogP contribution is -2.35. The predicted molar refractivity (Wildman–Crippen MR) is 50.8 cm³/mol. The zero-order chi connectivity index (χ0) is 8.67. The van der Waals surface area contributed by atoms with Gasteiger partial charge in [-0.3, -0.25) is 0 Å². The second kappa shape index (κ2) is 2.39. The Morgan fingerprint density at radius 3 is 3.31 bits per heavy atom. The summed E-state index contributed by atoms with van der Waals surface area (Å²) >= 11 is 0. The van der Waals surface area contributed by atoms with Gasteiger partial charge in [0, 0.05) is 18.0 Å². The Morgan fingerprint density at radius 2 is 2.31 bits per heavy atom. The van der Waals surface area contributed by atoms with Crippen molar-refractivity contribution in [3.63, 3.8) is 0 Å². The first kappa shape index (κ1) is 6.78. The summed E-state index contributed by atoms with van der Waals surface area (Å²) < 4.78 is 5.43. The normalized spacial score (nSPS) is 18.2. The molecule has 0 atom stereocenters. The molecule has 0 bridgehead atoms. The van der Waals surface area contributed by atoms with Crippen molar-refractivity contribution in [1.29, 1.82) is 0 Å². The van der Waals surface area contributed by atoms with Gasteiger partial charge in [-0.1, -0.05) is 12.2 Å². The maximum absolute atomic E-state index is 5.43. The number of allylic oxidation sites excluding steroid dienone is 2. The number of hydrogen-bond donors (Lipinski definition) is 0. The van der Waals surface area contributed by atoms with Crippen molar-refractivity contribution < 1.29 is 4.42 Å². The van der Waals surface area contributed by atoms with Crippen LogP contribution in [-0.4, -0.2) is 11.4 Å². The average molecular weight is 171 g/mol. The van der Waals surface area contributed by atoms with Gasteiger partial charge in [0.05, 0.1) is 12.0 Å². The minimum Gasteiger partial charge on any atom is -0.462 e. The van der Waals surface area contributed by atoms with E-state index in [-0.39, 0.29) is 0 Å². The van der Waals surface area contributed by atoms with Crippen molar-refractivity contribution in [2.45, 2.75) is 0 Å². The van der Waals surface area contributed by atoms with E-state index in [9.17, 15) is 0 Å². The molecule has 0 saturated heterocycles. The van der Waals surface area contributed by atoms with Crippen LogP contribution in [0.15, 0.2) is 41.2 Å². The van der Waals surface area contributed by atoms with Crippen LogP contribution in [0, 0.1) is 0 Å². The Hall–Kier alpha value is -1.70. The summed E-state index contributed by atoms with van der Waals surface area (Å²) in [6, 6.07) is 2.01. The Kier molecular flexibility index (Phi) is 1.25. The first-order valence-corrected chi connectivity index (χ1v) is 4.35.